The van der Waals surface area contributed by atoms with E-state index in [1.165, 1.54) is 11.5 Å². The largest absolute Gasteiger partial charge is 0.416 e. The van der Waals surface area contributed by atoms with Crippen molar-refractivity contribution in [3.05, 3.63) is 64.7 Å². The zero-order valence-electron chi connectivity index (χ0n) is 16.1. The van der Waals surface area contributed by atoms with Gasteiger partial charge in [-0.1, -0.05) is 23.7 Å². The van der Waals surface area contributed by atoms with E-state index >= 15 is 0 Å². The van der Waals surface area contributed by atoms with Crippen molar-refractivity contribution in [3.8, 4) is 11.4 Å². The second kappa shape index (κ2) is 8.91. The first-order chi connectivity index (χ1) is 14.4. The Labute approximate surface area is 182 Å². The third-order valence-corrected chi connectivity index (χ3v) is 6.19. The molecule has 0 N–H and O–H groups in total. The smallest absolute Gasteiger partial charge is 0.344 e. The number of benzene rings is 2. The molecule has 3 aromatic rings. The molecule has 1 saturated heterocycles. The maximum absolute atomic E-state index is 12.7. The number of halogens is 4. The number of hydrogen-bond donors (Lipinski definition) is 0. The van der Waals surface area contributed by atoms with Gasteiger partial charge in [-0.25, -0.2) is 0 Å². The van der Waals surface area contributed by atoms with Crippen LogP contribution in [0.15, 0.2) is 48.5 Å². The van der Waals surface area contributed by atoms with E-state index in [-0.39, 0.29) is 0 Å². The predicted molar refractivity (Wildman–Crippen MR) is 114 cm³/mol. The van der Waals surface area contributed by atoms with Gasteiger partial charge in [-0.05, 0) is 48.4 Å². The Morgan fingerprint density at radius 1 is 0.933 bits per heavy atom. The lowest BCUT2D eigenvalue weighted by Crippen LogP contribution is -2.47. The van der Waals surface area contributed by atoms with Gasteiger partial charge in [-0.2, -0.15) is 22.5 Å². The number of alkyl halides is 3. The van der Waals surface area contributed by atoms with E-state index in [1.54, 1.807) is 12.1 Å². The Hall–Kier alpha value is -2.16. The van der Waals surface area contributed by atoms with Crippen molar-refractivity contribution in [1.82, 2.24) is 14.3 Å². The van der Waals surface area contributed by atoms with Gasteiger partial charge in [0, 0.05) is 54.8 Å². The van der Waals surface area contributed by atoms with Crippen molar-refractivity contribution in [2.75, 3.05) is 37.6 Å². The molecule has 2 heterocycles. The Balaban J connectivity index is 1.27. The van der Waals surface area contributed by atoms with Gasteiger partial charge in [-0.15, -0.1) is 0 Å². The summed E-state index contributed by atoms with van der Waals surface area (Å²) in [6.45, 7) is 4.29. The lowest BCUT2D eigenvalue weighted by Gasteiger charge is -2.34. The topological polar surface area (TPSA) is 32.3 Å². The van der Waals surface area contributed by atoms with Crippen LogP contribution in [0.5, 0.6) is 0 Å². The molecular weight excluding hydrogens is 433 g/mol. The lowest BCUT2D eigenvalue weighted by molar-refractivity contribution is -0.137. The number of piperazine rings is 1. The summed E-state index contributed by atoms with van der Waals surface area (Å²) in [6.07, 6.45) is -3.55. The summed E-state index contributed by atoms with van der Waals surface area (Å²) in [5, 5.41) is 1.59. The fourth-order valence-corrected chi connectivity index (χ4v) is 4.24. The van der Waals surface area contributed by atoms with Gasteiger partial charge in [0.2, 0.25) is 5.13 Å². The summed E-state index contributed by atoms with van der Waals surface area (Å²) < 4.78 is 42.4. The highest BCUT2D eigenvalue weighted by atomic mass is 35.5. The van der Waals surface area contributed by atoms with E-state index in [0.717, 1.165) is 67.5 Å². The van der Waals surface area contributed by atoms with Gasteiger partial charge in [-0.3, -0.25) is 4.90 Å². The molecule has 0 aliphatic carbocycles. The molecule has 0 unspecified atom stereocenters. The summed E-state index contributed by atoms with van der Waals surface area (Å²) in [7, 11) is 0. The predicted octanol–water partition coefficient (Wildman–Crippen LogP) is 5.24. The normalized spacial score (nSPS) is 15.5. The van der Waals surface area contributed by atoms with Crippen LogP contribution < -0.4 is 4.90 Å². The Bertz CT molecular complexity index is 965. The summed E-state index contributed by atoms with van der Waals surface area (Å²) in [6, 6.07) is 12.9. The van der Waals surface area contributed by atoms with Crippen LogP contribution in [-0.2, 0) is 12.6 Å². The molecule has 0 amide bonds. The summed E-state index contributed by atoms with van der Waals surface area (Å²) in [5.41, 5.74) is 1.26. The molecule has 0 saturated carbocycles. The molecule has 4 nitrogen and oxygen atoms in total. The van der Waals surface area contributed by atoms with Crippen molar-refractivity contribution < 1.29 is 13.2 Å². The van der Waals surface area contributed by atoms with E-state index in [4.69, 9.17) is 11.6 Å². The Morgan fingerprint density at radius 3 is 2.23 bits per heavy atom. The third kappa shape index (κ3) is 5.11. The molecule has 1 aromatic heterocycles. The van der Waals surface area contributed by atoms with Crippen LogP contribution in [0.4, 0.5) is 18.3 Å². The molecule has 4 rings (SSSR count). The van der Waals surface area contributed by atoms with E-state index in [9.17, 15) is 13.2 Å². The van der Waals surface area contributed by atoms with Crippen molar-refractivity contribution in [3.63, 3.8) is 0 Å². The molecule has 158 valence electrons. The van der Waals surface area contributed by atoms with Crippen LogP contribution in [0.1, 0.15) is 11.1 Å². The lowest BCUT2D eigenvalue weighted by atomic mass is 10.1. The van der Waals surface area contributed by atoms with E-state index in [2.05, 4.69) is 19.2 Å². The quantitative estimate of drug-likeness (QED) is 0.529. The highest BCUT2D eigenvalue weighted by molar-refractivity contribution is 7.09. The number of nitrogens with zero attached hydrogens (tertiary/aromatic N) is 4. The molecule has 2 aromatic carbocycles. The van der Waals surface area contributed by atoms with E-state index < -0.39 is 11.7 Å². The van der Waals surface area contributed by atoms with Crippen molar-refractivity contribution >= 4 is 28.3 Å². The average Bonchev–Trinajstić information content (AvgIpc) is 3.23. The van der Waals surface area contributed by atoms with Crippen LogP contribution in [-0.4, -0.2) is 47.0 Å². The maximum Gasteiger partial charge on any atom is 0.416 e. The molecule has 1 aliphatic rings. The molecule has 1 fully saturated rings. The first kappa shape index (κ1) is 21.1. The van der Waals surface area contributed by atoms with Crippen LogP contribution >= 0.6 is 23.1 Å². The fraction of sp³-hybridized carbons (Fsp3) is 0.333. The van der Waals surface area contributed by atoms with Crippen LogP contribution in [0.3, 0.4) is 0 Å². The van der Waals surface area contributed by atoms with Gasteiger partial charge in [0.05, 0.1) is 5.56 Å². The molecular formula is C21H20ClF3N4S. The highest BCUT2D eigenvalue weighted by Crippen LogP contribution is 2.29. The second-order valence-corrected chi connectivity index (χ2v) is 8.35. The number of aromatic nitrogens is 2. The summed E-state index contributed by atoms with van der Waals surface area (Å²) in [4.78, 5) is 9.22. The summed E-state index contributed by atoms with van der Waals surface area (Å²) >= 11 is 7.32. The monoisotopic (exact) mass is 452 g/mol. The second-order valence-electron chi connectivity index (χ2n) is 7.18. The maximum atomic E-state index is 12.7. The summed E-state index contributed by atoms with van der Waals surface area (Å²) in [5.74, 6) is 0.705. The molecule has 9 heteroatoms. The average molecular weight is 453 g/mol. The minimum Gasteiger partial charge on any atom is -0.344 e. The third-order valence-electron chi connectivity index (χ3n) is 5.16. The molecule has 0 spiro atoms. The van der Waals surface area contributed by atoms with Gasteiger partial charge < -0.3 is 4.90 Å². The van der Waals surface area contributed by atoms with Crippen molar-refractivity contribution in [2.24, 2.45) is 0 Å². The fourth-order valence-electron chi connectivity index (χ4n) is 3.37. The zero-order chi connectivity index (χ0) is 21.1. The van der Waals surface area contributed by atoms with Crippen molar-refractivity contribution in [1.29, 1.82) is 0 Å². The van der Waals surface area contributed by atoms with E-state index in [0.29, 0.717) is 10.8 Å². The number of anilines is 1. The van der Waals surface area contributed by atoms with Crippen LogP contribution in [0, 0.1) is 0 Å². The first-order valence-electron chi connectivity index (χ1n) is 9.61. The van der Waals surface area contributed by atoms with Gasteiger partial charge >= 0.3 is 6.18 Å². The molecule has 30 heavy (non-hydrogen) atoms. The molecule has 1 aliphatic heterocycles. The molecule has 0 bridgehead atoms. The Kier molecular flexibility index (Phi) is 6.26. The van der Waals surface area contributed by atoms with Crippen LogP contribution in [0.2, 0.25) is 5.02 Å². The standard InChI is InChI=1S/C21H20ClF3N4S/c22-18-7-3-16(4-8-18)19-26-20(30-27-19)29-13-11-28(12-14-29)10-9-15-1-5-17(6-2-15)21(23,24)25/h1-8H,9-14H2. The molecule has 0 radical (unpaired) electrons. The van der Waals surface area contributed by atoms with Gasteiger partial charge in [0.15, 0.2) is 5.82 Å². The number of hydrogen-bond acceptors (Lipinski definition) is 5. The minimum atomic E-state index is -4.28. The first-order valence-corrected chi connectivity index (χ1v) is 10.8. The zero-order valence-corrected chi connectivity index (χ0v) is 17.6. The minimum absolute atomic E-state index is 0.602. The van der Waals surface area contributed by atoms with Gasteiger partial charge in [0.1, 0.15) is 0 Å². The van der Waals surface area contributed by atoms with Crippen molar-refractivity contribution in [2.45, 2.75) is 12.6 Å². The number of rotatable bonds is 5. The Morgan fingerprint density at radius 2 is 1.60 bits per heavy atom. The molecule has 0 atom stereocenters. The van der Waals surface area contributed by atoms with Gasteiger partial charge in [0.25, 0.3) is 0 Å². The van der Waals surface area contributed by atoms with Crippen LogP contribution in [0.25, 0.3) is 11.4 Å². The SMILES string of the molecule is FC(F)(F)c1ccc(CCN2CCN(c3nc(-c4ccc(Cl)cc4)ns3)CC2)cc1. The highest BCUT2D eigenvalue weighted by Gasteiger charge is 2.30. The van der Waals surface area contributed by atoms with E-state index in [1.807, 2.05) is 24.3 Å².